The molecule has 99 heavy (non-hydrogen) atoms. The van der Waals surface area contributed by atoms with Crippen molar-refractivity contribution in [3.05, 3.63) is 24.8 Å². The van der Waals surface area contributed by atoms with Gasteiger partial charge in [-0.3, -0.25) is 52.7 Å². The number of nitrogens with zero attached hydrogens (tertiary/aromatic N) is 8. The summed E-state index contributed by atoms with van der Waals surface area (Å²) in [6.07, 6.45) is 8.12. The van der Waals surface area contributed by atoms with E-state index in [1.807, 2.05) is 54.5 Å². The third-order valence-electron chi connectivity index (χ3n) is 19.1. The molecule has 0 saturated carbocycles. The molecule has 2 rings (SSSR count). The first-order chi connectivity index (χ1) is 46.0. The normalized spacial score (nSPS) is 26.7. The van der Waals surface area contributed by atoms with Crippen molar-refractivity contribution in [2.24, 2.45) is 35.5 Å². The topological polar surface area (TPSA) is 291 Å². The molecule has 2 fully saturated rings. The van der Waals surface area contributed by atoms with Crippen LogP contribution in [0, 0.1) is 35.5 Å². The van der Waals surface area contributed by atoms with Gasteiger partial charge in [-0.15, -0.1) is 18.3 Å². The smallest absolute Gasteiger partial charge is 0.256 e. The van der Waals surface area contributed by atoms with Gasteiger partial charge in [0.2, 0.25) is 59.1 Å². The van der Waals surface area contributed by atoms with Crippen molar-refractivity contribution in [3.8, 4) is 0 Å². The van der Waals surface area contributed by atoms with Crippen LogP contribution >= 0.6 is 11.8 Å². The third kappa shape index (κ3) is 26.0. The lowest BCUT2D eigenvalue weighted by Crippen LogP contribution is -2.64. The van der Waals surface area contributed by atoms with E-state index >= 15 is 38.4 Å². The standard InChI is InChI=1S/C73H130N12O13S/c1-26-29-34-49(14)60(86)59-64(90)76-52(28-3)66(92)84(25)72(99-39-33-37-85-35-31-30-32-36-85)71(97)81(22)56(43-73(17,18)98-38-27-2)63(89)77-57(47(10)11)69(95)78(19)53(40-44(4)5)62(88)74-50(15)61(87)75-51(16)65(91)79(20)54(41-45(6)7)67(93)80(21)55(42-46(8)9)68(94)82(23)58(48(12)13)70(96)83(59)24/h26-27,29,44-60,72,86H,2,28,30-43H2,1,3-25H3,(H,74,88)(H,75,87)(H,76,90)(H,77,89)/b29-26+/t49-,50+,51-,52+,53+,54+,55+,56+,57+,58+,59+,60-,72-/m1/s1. The fraction of sp³-hybridized carbons (Fsp3) is 0.795. The van der Waals surface area contributed by atoms with Crippen molar-refractivity contribution in [2.75, 3.05) is 81.3 Å². The number of hydrogen-bond acceptors (Lipinski definition) is 15. The van der Waals surface area contributed by atoms with E-state index in [1.54, 1.807) is 67.5 Å². The van der Waals surface area contributed by atoms with E-state index < -0.39 is 160 Å². The molecule has 2 aliphatic rings. The number of carbonyl (C=O) groups is 11. The number of nitrogens with one attached hydrogen (secondary N) is 4. The Hall–Kier alpha value is -6.12. The molecule has 0 aromatic carbocycles. The van der Waals surface area contributed by atoms with Crippen LogP contribution in [-0.4, -0.2) is 268 Å². The summed E-state index contributed by atoms with van der Waals surface area (Å²) in [7, 11) is 10.1. The van der Waals surface area contributed by atoms with Crippen LogP contribution in [0.15, 0.2) is 24.8 Å². The number of rotatable bonds is 23. The number of piperidine rings is 1. The zero-order chi connectivity index (χ0) is 75.8. The van der Waals surface area contributed by atoms with Crippen LogP contribution in [-0.2, 0) is 57.5 Å². The minimum atomic E-state index is -1.65. The molecule has 0 radical (unpaired) electrons. The summed E-state index contributed by atoms with van der Waals surface area (Å²) >= 11 is 1.20. The molecular weight excluding hydrogens is 1280 g/mol. The van der Waals surface area contributed by atoms with E-state index in [4.69, 9.17) is 4.74 Å². The van der Waals surface area contributed by atoms with Crippen LogP contribution in [0.4, 0.5) is 0 Å². The van der Waals surface area contributed by atoms with Crippen molar-refractivity contribution in [3.63, 3.8) is 0 Å². The van der Waals surface area contributed by atoms with Crippen LogP contribution in [0.3, 0.4) is 0 Å². The summed E-state index contributed by atoms with van der Waals surface area (Å²) in [6.45, 7) is 36.3. The van der Waals surface area contributed by atoms with Crippen LogP contribution in [0.5, 0.6) is 0 Å². The number of allylic oxidation sites excluding steroid dienone is 2. The maximum absolute atomic E-state index is 15.7. The molecule has 0 aromatic rings. The molecule has 5 N–H and O–H groups in total. The van der Waals surface area contributed by atoms with E-state index in [-0.39, 0.29) is 56.5 Å². The van der Waals surface area contributed by atoms with Gasteiger partial charge in [-0.2, -0.15) is 0 Å². The number of aliphatic hydroxyl groups excluding tert-OH is 1. The number of amides is 11. The molecule has 2 aliphatic heterocycles. The Balaban J connectivity index is 3.17. The lowest BCUT2D eigenvalue weighted by molar-refractivity contribution is -0.157. The van der Waals surface area contributed by atoms with Gasteiger partial charge in [-0.25, -0.2) is 0 Å². The minimum absolute atomic E-state index is 0.0110. The Morgan fingerprint density at radius 1 is 0.556 bits per heavy atom. The van der Waals surface area contributed by atoms with Crippen LogP contribution < -0.4 is 21.3 Å². The first kappa shape index (κ1) is 89.0. The SMILES string of the molecule is C=CCOC(C)(C)C[C@H]1C(=O)N[C@@H](C(C)C)C(=O)N(C)[C@@H](CC(C)C)C(=O)N[C@@H](C)C(=O)N[C@H](C)C(=O)N(C)[C@@H](CC(C)C)C(=O)N(C)[C@@H](CC(C)C)C(=O)N(C)[C@@H](C(C)C)C(=O)N(C)[C@@H]([C@H](O)[C@H](C)C/C=C/C)C(=O)N[C@@H](CC)C(=O)N(C)[C@H](SCCCN2CCCCC2)C(=O)N1C. The Labute approximate surface area is 598 Å². The molecule has 2 heterocycles. The molecule has 0 aromatic heterocycles. The molecule has 0 unspecified atom stereocenters. The van der Waals surface area contributed by atoms with Crippen LogP contribution in [0.25, 0.3) is 0 Å². The fourth-order valence-corrected chi connectivity index (χ4v) is 14.0. The highest BCUT2D eigenvalue weighted by atomic mass is 32.2. The van der Waals surface area contributed by atoms with Gasteiger partial charge >= 0.3 is 0 Å². The van der Waals surface area contributed by atoms with E-state index in [2.05, 4.69) is 32.7 Å². The highest BCUT2D eigenvalue weighted by Crippen LogP contribution is 2.29. The van der Waals surface area contributed by atoms with Gasteiger partial charge in [0.15, 0.2) is 5.37 Å². The van der Waals surface area contributed by atoms with Gasteiger partial charge in [0.1, 0.15) is 60.4 Å². The van der Waals surface area contributed by atoms with Gasteiger partial charge in [0, 0.05) is 55.8 Å². The van der Waals surface area contributed by atoms with Crippen LogP contribution in [0.1, 0.15) is 182 Å². The van der Waals surface area contributed by atoms with Crippen molar-refractivity contribution >= 4 is 76.7 Å². The largest absolute Gasteiger partial charge is 0.390 e. The van der Waals surface area contributed by atoms with E-state index in [9.17, 15) is 19.5 Å². The van der Waals surface area contributed by atoms with Gasteiger partial charge in [-0.1, -0.05) is 108 Å². The fourth-order valence-electron chi connectivity index (χ4n) is 12.9. The maximum atomic E-state index is 15.7. The Bertz CT molecular complexity index is 2720. The highest BCUT2D eigenvalue weighted by molar-refractivity contribution is 8.00. The quantitative estimate of drug-likeness (QED) is 0.0621. The Kier molecular flexibility index (Phi) is 37.5. The number of ether oxygens (including phenoxy) is 1. The number of hydrogen-bond donors (Lipinski definition) is 5. The van der Waals surface area contributed by atoms with Gasteiger partial charge in [0.05, 0.1) is 18.3 Å². The molecule has 0 bridgehead atoms. The summed E-state index contributed by atoms with van der Waals surface area (Å²) in [5.74, 6) is -9.56. The number of likely N-dealkylation sites (N-methyl/N-ethyl adjacent to an activating group) is 7. The predicted molar refractivity (Wildman–Crippen MR) is 390 cm³/mol. The zero-order valence-electron chi connectivity index (χ0n) is 64.8. The molecule has 0 aliphatic carbocycles. The summed E-state index contributed by atoms with van der Waals surface area (Å²) < 4.78 is 6.19. The molecular formula is C73H130N12O13S. The number of thioether (sulfide) groups is 1. The minimum Gasteiger partial charge on any atom is -0.390 e. The summed E-state index contributed by atoms with van der Waals surface area (Å²) in [5, 5.41) is 22.3. The van der Waals surface area contributed by atoms with Gasteiger partial charge < -0.3 is 70.3 Å². The van der Waals surface area contributed by atoms with Crippen molar-refractivity contribution in [1.29, 1.82) is 0 Å². The highest BCUT2D eigenvalue weighted by Gasteiger charge is 2.47. The molecule has 0 spiro atoms. The average Bonchev–Trinajstić information content (AvgIpc) is 0.808. The average molecular weight is 1420 g/mol. The second-order valence-corrected chi connectivity index (χ2v) is 31.4. The van der Waals surface area contributed by atoms with Gasteiger partial charge in [-0.05, 0) is 147 Å². The molecule has 11 amide bonds. The summed E-state index contributed by atoms with van der Waals surface area (Å²) in [4.78, 5) is 177. The predicted octanol–water partition coefficient (Wildman–Crippen LogP) is 5.53. The number of aliphatic hydroxyl groups is 1. The zero-order valence-corrected chi connectivity index (χ0v) is 65.6. The van der Waals surface area contributed by atoms with Crippen molar-refractivity contribution in [2.45, 2.75) is 259 Å². The molecule has 26 heteroatoms. The second kappa shape index (κ2) is 41.7. The lowest BCUT2D eigenvalue weighted by Gasteiger charge is -2.41. The van der Waals surface area contributed by atoms with Gasteiger partial charge in [0.25, 0.3) is 5.91 Å². The summed E-state index contributed by atoms with van der Waals surface area (Å²) in [6, 6.07) is -12.9. The van der Waals surface area contributed by atoms with E-state index in [1.165, 1.54) is 104 Å². The Morgan fingerprint density at radius 3 is 1.55 bits per heavy atom. The van der Waals surface area contributed by atoms with Crippen LogP contribution in [0.2, 0.25) is 0 Å². The van der Waals surface area contributed by atoms with Crippen molar-refractivity contribution in [1.82, 2.24) is 60.5 Å². The Morgan fingerprint density at radius 2 is 1.04 bits per heavy atom. The second-order valence-electron chi connectivity index (χ2n) is 30.2. The molecule has 13 atom stereocenters. The third-order valence-corrected chi connectivity index (χ3v) is 20.5. The monoisotopic (exact) mass is 1410 g/mol. The molecule has 566 valence electrons. The molecule has 25 nitrogen and oxygen atoms in total. The van der Waals surface area contributed by atoms with E-state index in [0.717, 1.165) is 43.8 Å². The summed E-state index contributed by atoms with van der Waals surface area (Å²) in [5.41, 5.74) is -1.10. The maximum Gasteiger partial charge on any atom is 0.256 e. The first-order valence-electron chi connectivity index (χ1n) is 36.0. The number of carbonyl (C=O) groups excluding carboxylic acids is 11. The number of likely N-dealkylation sites (tertiary alicyclic amines) is 1. The molecule has 2 saturated heterocycles. The van der Waals surface area contributed by atoms with Crippen molar-refractivity contribution < 1.29 is 62.6 Å². The first-order valence-corrected chi connectivity index (χ1v) is 37.1. The van der Waals surface area contributed by atoms with E-state index in [0.29, 0.717) is 18.6 Å². The lowest BCUT2D eigenvalue weighted by atomic mass is 9.91.